The molecule has 2 N–H and O–H groups in total. The Kier molecular flexibility index (Phi) is 4.56. The Morgan fingerprint density at radius 1 is 1.04 bits per heavy atom. The molecule has 25 heavy (non-hydrogen) atoms. The molecule has 0 radical (unpaired) electrons. The first-order valence-corrected chi connectivity index (χ1v) is 7.71. The van der Waals surface area contributed by atoms with E-state index in [1.807, 2.05) is 30.3 Å². The summed E-state index contributed by atoms with van der Waals surface area (Å²) in [5.74, 6) is -0.140. The molecular weight excluding hydrogens is 318 g/mol. The lowest BCUT2D eigenvalue weighted by molar-refractivity contribution is -0.114. The zero-order chi connectivity index (χ0) is 17.8. The third-order valence-electron chi connectivity index (χ3n) is 3.51. The molecule has 0 aliphatic rings. The van der Waals surface area contributed by atoms with Gasteiger partial charge in [-0.05, 0) is 43.3 Å². The number of hydrogen-bond donors (Lipinski definition) is 2. The Hall–Kier alpha value is -3.48. The number of benzene rings is 2. The van der Waals surface area contributed by atoms with E-state index in [-0.39, 0.29) is 17.2 Å². The molecule has 0 spiro atoms. The Morgan fingerprint density at radius 2 is 1.72 bits per heavy atom. The highest BCUT2D eigenvalue weighted by molar-refractivity contribution is 5.88. The van der Waals surface area contributed by atoms with Crippen molar-refractivity contribution in [2.24, 2.45) is 10.2 Å². The molecule has 1 heterocycles. The predicted molar refractivity (Wildman–Crippen MR) is 96.0 cm³/mol. The molecule has 7 nitrogen and oxygen atoms in total. The Balaban J connectivity index is 1.86. The van der Waals surface area contributed by atoms with Crippen LogP contribution in [0.1, 0.15) is 12.6 Å². The smallest absolute Gasteiger partial charge is 0.299 e. The van der Waals surface area contributed by atoms with Crippen LogP contribution in [0.15, 0.2) is 69.6 Å². The topological polar surface area (TPSA) is 91.6 Å². The van der Waals surface area contributed by atoms with Crippen LogP contribution < -0.4 is 10.9 Å². The number of para-hydroxylation sites is 1. The quantitative estimate of drug-likeness (QED) is 0.709. The minimum atomic E-state index is -0.262. The van der Waals surface area contributed by atoms with Gasteiger partial charge in [-0.25, -0.2) is 4.68 Å². The number of aryl methyl sites for hydroxylation is 1. The molecule has 1 aromatic heterocycles. The average molecular weight is 335 g/mol. The molecule has 0 bridgehead atoms. The molecule has 7 heteroatoms. The maximum Gasteiger partial charge on any atom is 0.299 e. The van der Waals surface area contributed by atoms with Crippen molar-refractivity contribution in [3.05, 3.63) is 70.6 Å². The number of azo groups is 1. The normalized spacial score (nSPS) is 11.0. The van der Waals surface area contributed by atoms with E-state index in [0.29, 0.717) is 17.1 Å². The number of carbonyl (C=O) groups excluding carboxylic acids is 1. The molecule has 2 aromatic carbocycles. The number of H-pyrrole nitrogens is 1. The second kappa shape index (κ2) is 6.96. The average Bonchev–Trinajstić information content (AvgIpc) is 2.89. The lowest BCUT2D eigenvalue weighted by Gasteiger charge is -2.00. The van der Waals surface area contributed by atoms with Gasteiger partial charge in [0.2, 0.25) is 5.91 Å². The lowest BCUT2D eigenvalue weighted by Crippen LogP contribution is -2.13. The number of nitrogens with zero attached hydrogens (tertiary/aromatic N) is 3. The second-order valence-electron chi connectivity index (χ2n) is 5.49. The van der Waals surface area contributed by atoms with Gasteiger partial charge in [-0.3, -0.25) is 14.7 Å². The summed E-state index contributed by atoms with van der Waals surface area (Å²) in [6.07, 6.45) is 0. The first-order chi connectivity index (χ1) is 12.0. The Morgan fingerprint density at radius 3 is 2.36 bits per heavy atom. The van der Waals surface area contributed by atoms with E-state index in [0.717, 1.165) is 5.69 Å². The third kappa shape index (κ3) is 3.72. The number of carbonyl (C=O) groups is 1. The Labute approximate surface area is 144 Å². The number of aromatic amines is 1. The van der Waals surface area contributed by atoms with E-state index < -0.39 is 0 Å². The van der Waals surface area contributed by atoms with Crippen molar-refractivity contribution in [2.45, 2.75) is 13.8 Å². The van der Waals surface area contributed by atoms with Crippen LogP contribution in [0.4, 0.5) is 17.1 Å². The van der Waals surface area contributed by atoms with Crippen molar-refractivity contribution in [1.82, 2.24) is 9.78 Å². The van der Waals surface area contributed by atoms with Crippen LogP contribution in [0.2, 0.25) is 0 Å². The van der Waals surface area contributed by atoms with Crippen molar-refractivity contribution in [2.75, 3.05) is 5.32 Å². The summed E-state index contributed by atoms with van der Waals surface area (Å²) in [5.41, 5.74) is 2.62. The van der Waals surface area contributed by atoms with Gasteiger partial charge in [0.05, 0.1) is 17.1 Å². The van der Waals surface area contributed by atoms with Crippen molar-refractivity contribution in [3.8, 4) is 5.69 Å². The first-order valence-electron chi connectivity index (χ1n) is 7.71. The van der Waals surface area contributed by atoms with E-state index in [4.69, 9.17) is 0 Å². The fraction of sp³-hybridized carbons (Fsp3) is 0.111. The summed E-state index contributed by atoms with van der Waals surface area (Å²) in [7, 11) is 0. The first kappa shape index (κ1) is 16.4. The van der Waals surface area contributed by atoms with Gasteiger partial charge in [-0.2, -0.15) is 5.11 Å². The fourth-order valence-corrected chi connectivity index (χ4v) is 2.34. The molecule has 126 valence electrons. The van der Waals surface area contributed by atoms with Crippen molar-refractivity contribution < 1.29 is 4.79 Å². The molecule has 0 atom stereocenters. The molecule has 0 saturated heterocycles. The van der Waals surface area contributed by atoms with Crippen molar-refractivity contribution in [1.29, 1.82) is 0 Å². The number of hydrogen-bond acceptors (Lipinski definition) is 4. The van der Waals surface area contributed by atoms with E-state index in [2.05, 4.69) is 20.6 Å². The summed E-state index contributed by atoms with van der Waals surface area (Å²) in [6, 6.07) is 16.1. The van der Waals surface area contributed by atoms with Gasteiger partial charge in [-0.1, -0.05) is 18.2 Å². The summed E-state index contributed by atoms with van der Waals surface area (Å²) < 4.78 is 1.43. The SMILES string of the molecule is CC(=O)Nc1ccc(N=Nc2c(C)[nH]n(-c3ccccc3)c2=O)cc1. The van der Waals surface area contributed by atoms with Crippen LogP contribution >= 0.6 is 0 Å². The van der Waals surface area contributed by atoms with Gasteiger partial charge < -0.3 is 5.32 Å². The molecular formula is C18H17N5O2. The molecule has 0 unspecified atom stereocenters. The number of amides is 1. The van der Waals surface area contributed by atoms with Gasteiger partial charge in [0, 0.05) is 12.6 Å². The number of aromatic nitrogens is 2. The van der Waals surface area contributed by atoms with Crippen LogP contribution in [-0.2, 0) is 4.79 Å². The summed E-state index contributed by atoms with van der Waals surface area (Å²) >= 11 is 0. The predicted octanol–water partition coefficient (Wildman–Crippen LogP) is 3.85. The maximum atomic E-state index is 12.5. The maximum absolute atomic E-state index is 12.5. The summed E-state index contributed by atoms with van der Waals surface area (Å²) in [6.45, 7) is 3.22. The molecule has 0 aliphatic carbocycles. The summed E-state index contributed by atoms with van der Waals surface area (Å²) in [5, 5.41) is 13.9. The molecule has 3 rings (SSSR count). The van der Waals surface area contributed by atoms with Crippen LogP contribution in [0.5, 0.6) is 0 Å². The minimum absolute atomic E-state index is 0.140. The Bertz CT molecular complexity index is 969. The van der Waals surface area contributed by atoms with E-state index >= 15 is 0 Å². The van der Waals surface area contributed by atoms with Gasteiger partial charge in [0.1, 0.15) is 0 Å². The highest BCUT2D eigenvalue weighted by atomic mass is 16.1. The standard InChI is InChI=1S/C18H17N5O2/c1-12-17(18(25)23(22-12)16-6-4-3-5-7-16)21-20-15-10-8-14(9-11-15)19-13(2)24/h3-11,22H,1-2H3,(H,19,24). The van der Waals surface area contributed by atoms with E-state index in [1.54, 1.807) is 31.2 Å². The molecule has 3 aromatic rings. The van der Waals surface area contributed by atoms with Crippen molar-refractivity contribution in [3.63, 3.8) is 0 Å². The lowest BCUT2D eigenvalue weighted by atomic mass is 10.3. The van der Waals surface area contributed by atoms with Crippen LogP contribution in [0, 0.1) is 6.92 Å². The number of anilines is 1. The van der Waals surface area contributed by atoms with E-state index in [9.17, 15) is 9.59 Å². The highest BCUT2D eigenvalue weighted by Crippen LogP contribution is 2.20. The minimum Gasteiger partial charge on any atom is -0.326 e. The zero-order valence-electron chi connectivity index (χ0n) is 13.9. The van der Waals surface area contributed by atoms with Gasteiger partial charge in [0.25, 0.3) is 5.56 Å². The van der Waals surface area contributed by atoms with Gasteiger partial charge in [-0.15, -0.1) is 5.11 Å². The zero-order valence-corrected chi connectivity index (χ0v) is 13.9. The van der Waals surface area contributed by atoms with E-state index in [1.165, 1.54) is 11.6 Å². The number of nitrogens with one attached hydrogen (secondary N) is 2. The molecule has 0 saturated carbocycles. The molecule has 1 amide bonds. The highest BCUT2D eigenvalue weighted by Gasteiger charge is 2.11. The largest absolute Gasteiger partial charge is 0.326 e. The van der Waals surface area contributed by atoms with Gasteiger partial charge in [0.15, 0.2) is 5.69 Å². The number of rotatable bonds is 4. The van der Waals surface area contributed by atoms with Crippen LogP contribution in [-0.4, -0.2) is 15.7 Å². The van der Waals surface area contributed by atoms with Crippen LogP contribution in [0.25, 0.3) is 5.69 Å². The van der Waals surface area contributed by atoms with Gasteiger partial charge >= 0.3 is 0 Å². The fourth-order valence-electron chi connectivity index (χ4n) is 2.34. The molecule has 0 fully saturated rings. The second-order valence-corrected chi connectivity index (χ2v) is 5.49. The summed E-state index contributed by atoms with van der Waals surface area (Å²) in [4.78, 5) is 23.5. The van der Waals surface area contributed by atoms with Crippen molar-refractivity contribution >= 4 is 23.0 Å². The van der Waals surface area contributed by atoms with Crippen LogP contribution in [0.3, 0.4) is 0 Å². The molecule has 0 aliphatic heterocycles. The third-order valence-corrected chi connectivity index (χ3v) is 3.51. The monoisotopic (exact) mass is 335 g/mol.